The van der Waals surface area contributed by atoms with Gasteiger partial charge in [0.05, 0.1) is 28.5 Å². The molecule has 2 aromatic heterocycles. The summed E-state index contributed by atoms with van der Waals surface area (Å²) >= 11 is 0. The summed E-state index contributed by atoms with van der Waals surface area (Å²) in [5, 5.41) is 3.70. The third kappa shape index (κ3) is 12.2. The Morgan fingerprint density at radius 1 is 0.772 bits per heavy atom. The van der Waals surface area contributed by atoms with Crippen LogP contribution in [0.2, 0.25) is 0 Å². The number of nitrogens with two attached hydrogens (primary N) is 1. The number of pyridine rings is 2. The van der Waals surface area contributed by atoms with Crippen LogP contribution in [-0.2, 0) is 38.3 Å². The van der Waals surface area contributed by atoms with E-state index in [1.54, 1.807) is 6.07 Å². The summed E-state index contributed by atoms with van der Waals surface area (Å²) in [7, 11) is -4.67. The fraction of sp³-hybridized carbons (Fsp3) is 0.326. The number of ether oxygens (including phenoxy) is 2. The first-order chi connectivity index (χ1) is 27.4. The van der Waals surface area contributed by atoms with Crippen LogP contribution in [0.3, 0.4) is 0 Å². The van der Waals surface area contributed by atoms with Gasteiger partial charge < -0.3 is 20.5 Å². The van der Waals surface area contributed by atoms with E-state index in [2.05, 4.69) is 46.7 Å². The van der Waals surface area contributed by atoms with Crippen LogP contribution in [0.5, 0.6) is 0 Å². The van der Waals surface area contributed by atoms with E-state index in [4.69, 9.17) is 37.7 Å². The summed E-state index contributed by atoms with van der Waals surface area (Å²) < 4.78 is 73.1. The van der Waals surface area contributed by atoms with Crippen molar-refractivity contribution in [3.8, 4) is 0 Å². The molecule has 3 aromatic carbocycles. The highest BCUT2D eigenvalue weighted by atomic mass is 32.3. The molecule has 7 rings (SSSR count). The highest BCUT2D eigenvalue weighted by Crippen LogP contribution is 2.42. The lowest BCUT2D eigenvalue weighted by atomic mass is 9.76. The number of aldehydes is 1. The number of hydrogen-bond acceptors (Lipinski definition) is 9. The smallest absolute Gasteiger partial charge is 0.394 e. The van der Waals surface area contributed by atoms with Gasteiger partial charge in [-0.1, -0.05) is 91.0 Å². The SMILES string of the molecule is CCOC(OCC)c1cc(NC(c2ccccc2)(c2ccccc2)c2ccccc2)c(F)c(CC2CC2)n1.Nc1cc(C=O)nc(CC2CC2)c1F.O=S(=O)(O)O. The second kappa shape index (κ2) is 19.8. The zero-order valence-electron chi connectivity index (χ0n) is 31.9. The number of benzene rings is 3. The summed E-state index contributed by atoms with van der Waals surface area (Å²) in [6.45, 7) is 4.77. The van der Waals surface area contributed by atoms with Crippen molar-refractivity contribution < 1.29 is 40.6 Å². The minimum absolute atomic E-state index is 0.0118. The molecule has 11 nitrogen and oxygen atoms in total. The van der Waals surface area contributed by atoms with Crippen LogP contribution in [0.25, 0.3) is 0 Å². The summed E-state index contributed by atoms with van der Waals surface area (Å²) in [5.74, 6) is 0.209. The predicted octanol–water partition coefficient (Wildman–Crippen LogP) is 8.56. The highest BCUT2D eigenvalue weighted by molar-refractivity contribution is 7.79. The van der Waals surface area contributed by atoms with Gasteiger partial charge in [-0.05, 0) is 93.0 Å². The Bertz CT molecular complexity index is 2060. The zero-order valence-corrected chi connectivity index (χ0v) is 32.7. The van der Waals surface area contributed by atoms with Gasteiger partial charge in [0.1, 0.15) is 11.2 Å². The first kappa shape index (κ1) is 43.0. The van der Waals surface area contributed by atoms with Crippen LogP contribution in [0.15, 0.2) is 103 Å². The van der Waals surface area contributed by atoms with E-state index in [1.165, 1.54) is 6.07 Å². The molecule has 0 aliphatic heterocycles. The first-order valence-electron chi connectivity index (χ1n) is 18.8. The molecular formula is C43H48F2N4O7S. The van der Waals surface area contributed by atoms with Crippen molar-refractivity contribution in [3.05, 3.63) is 154 Å². The standard InChI is InChI=1S/C33H35FN2O2.C10H11FN2O.H2O4S/c1-3-37-32(38-4-2)30-23-29(31(34)28(35-30)22-24-20-21-24)36-33(25-14-8-5-9-15-25,26-16-10-6-11-17-26)27-18-12-7-13-19-27;11-10-8(12)4-7(5-14)13-9(10)3-6-1-2-6;1-5(2,3)4/h5-19,23-24,32H,3-4,20-22H2,1-2H3,(H,35,36);4-6H,1-3H2,(H2,12,13);(H2,1,2,3,4). The Labute approximate surface area is 332 Å². The molecule has 5 aromatic rings. The maximum Gasteiger partial charge on any atom is 0.394 e. The highest BCUT2D eigenvalue weighted by Gasteiger charge is 2.38. The molecule has 2 fully saturated rings. The number of anilines is 2. The lowest BCUT2D eigenvalue weighted by Gasteiger charge is -2.38. The molecule has 2 saturated carbocycles. The average Bonchev–Trinajstić information content (AvgIpc) is 4.15. The molecule has 57 heavy (non-hydrogen) atoms. The third-order valence-corrected chi connectivity index (χ3v) is 9.42. The van der Waals surface area contributed by atoms with Gasteiger partial charge in [-0.25, -0.2) is 18.7 Å². The molecule has 0 radical (unpaired) electrons. The molecule has 2 heterocycles. The maximum absolute atomic E-state index is 16.3. The number of carbonyl (C=O) groups excluding carboxylic acids is 1. The zero-order chi connectivity index (χ0) is 41.0. The molecular weight excluding hydrogens is 755 g/mol. The van der Waals surface area contributed by atoms with Gasteiger partial charge in [0.15, 0.2) is 17.9 Å². The van der Waals surface area contributed by atoms with Crippen LogP contribution >= 0.6 is 0 Å². The number of carbonyl (C=O) groups is 1. The van der Waals surface area contributed by atoms with Gasteiger partial charge in [-0.3, -0.25) is 13.9 Å². The average molecular weight is 803 g/mol. The van der Waals surface area contributed by atoms with Crippen LogP contribution in [0.4, 0.5) is 20.2 Å². The molecule has 0 unspecified atom stereocenters. The maximum atomic E-state index is 16.3. The fourth-order valence-electron chi connectivity index (χ4n) is 6.47. The van der Waals surface area contributed by atoms with Crippen molar-refractivity contribution in [1.82, 2.24) is 9.97 Å². The van der Waals surface area contributed by atoms with Crippen molar-refractivity contribution in [2.24, 2.45) is 11.8 Å². The molecule has 0 saturated heterocycles. The van der Waals surface area contributed by atoms with Gasteiger partial charge in [0, 0.05) is 13.2 Å². The molecule has 5 N–H and O–H groups in total. The van der Waals surface area contributed by atoms with E-state index in [0.717, 1.165) is 42.4 Å². The lowest BCUT2D eigenvalue weighted by molar-refractivity contribution is -0.142. The number of nitrogen functional groups attached to an aromatic ring is 1. The Balaban J connectivity index is 0.000000268. The Kier molecular flexibility index (Phi) is 15.0. The second-order valence-electron chi connectivity index (χ2n) is 13.8. The second-order valence-corrected chi connectivity index (χ2v) is 14.7. The van der Waals surface area contributed by atoms with Crippen LogP contribution < -0.4 is 11.1 Å². The van der Waals surface area contributed by atoms with E-state index in [1.807, 2.05) is 68.4 Å². The fourth-order valence-corrected chi connectivity index (χ4v) is 6.47. The summed E-state index contributed by atoms with van der Waals surface area (Å²) in [6.07, 6.45) is 5.58. The van der Waals surface area contributed by atoms with Crippen LogP contribution in [0.1, 0.15) is 90.1 Å². The number of hydrogen-bond donors (Lipinski definition) is 4. The normalized spacial score (nSPS) is 13.9. The molecule has 2 aliphatic rings. The number of nitrogens with zero attached hydrogens (tertiary/aromatic N) is 2. The lowest BCUT2D eigenvalue weighted by Crippen LogP contribution is -2.38. The van der Waals surface area contributed by atoms with Gasteiger partial charge in [-0.2, -0.15) is 8.42 Å². The number of aromatic nitrogens is 2. The quantitative estimate of drug-likeness (QED) is 0.0346. The molecule has 0 bridgehead atoms. The summed E-state index contributed by atoms with van der Waals surface area (Å²) in [4.78, 5) is 19.1. The minimum Gasteiger partial charge on any atom is -0.396 e. The van der Waals surface area contributed by atoms with Crippen molar-refractivity contribution in [3.63, 3.8) is 0 Å². The molecule has 0 amide bonds. The van der Waals surface area contributed by atoms with E-state index < -0.39 is 28.0 Å². The third-order valence-electron chi connectivity index (χ3n) is 9.42. The predicted molar refractivity (Wildman–Crippen MR) is 214 cm³/mol. The van der Waals surface area contributed by atoms with Crippen molar-refractivity contribution in [2.75, 3.05) is 24.3 Å². The van der Waals surface area contributed by atoms with Crippen molar-refractivity contribution in [1.29, 1.82) is 0 Å². The van der Waals surface area contributed by atoms with Crippen molar-refractivity contribution >= 4 is 28.1 Å². The first-order valence-corrected chi connectivity index (χ1v) is 20.2. The molecule has 0 atom stereocenters. The van der Waals surface area contributed by atoms with E-state index in [-0.39, 0.29) is 17.2 Å². The number of halogens is 2. The Morgan fingerprint density at radius 3 is 1.58 bits per heavy atom. The van der Waals surface area contributed by atoms with Gasteiger partial charge >= 0.3 is 10.4 Å². The Hall–Kier alpha value is -5.12. The van der Waals surface area contributed by atoms with E-state index in [0.29, 0.717) is 66.9 Å². The van der Waals surface area contributed by atoms with Crippen LogP contribution in [0, 0.1) is 23.5 Å². The van der Waals surface area contributed by atoms with Crippen molar-refractivity contribution in [2.45, 2.75) is 64.2 Å². The van der Waals surface area contributed by atoms with Gasteiger partial charge in [0.2, 0.25) is 6.29 Å². The molecule has 2 aliphatic carbocycles. The largest absolute Gasteiger partial charge is 0.396 e. The van der Waals surface area contributed by atoms with E-state index in [9.17, 15) is 9.18 Å². The number of rotatable bonds is 15. The van der Waals surface area contributed by atoms with Gasteiger partial charge in [-0.15, -0.1) is 0 Å². The number of nitrogens with one attached hydrogen (secondary N) is 1. The molecule has 14 heteroatoms. The van der Waals surface area contributed by atoms with Gasteiger partial charge in [0.25, 0.3) is 0 Å². The summed E-state index contributed by atoms with van der Waals surface area (Å²) in [5.41, 5.74) is 9.55. The Morgan fingerprint density at radius 2 is 1.19 bits per heavy atom. The van der Waals surface area contributed by atoms with E-state index >= 15 is 4.39 Å². The minimum atomic E-state index is -4.67. The summed E-state index contributed by atoms with van der Waals surface area (Å²) in [6, 6.07) is 33.6. The topological polar surface area (TPSA) is 174 Å². The van der Waals surface area contributed by atoms with Crippen LogP contribution in [-0.4, -0.2) is 47.0 Å². The molecule has 302 valence electrons. The monoisotopic (exact) mass is 802 g/mol. The molecule has 0 spiro atoms.